The smallest absolute Gasteiger partial charge is 0.212 e. The first-order valence-corrected chi connectivity index (χ1v) is 8.14. The molecule has 2 aromatic carbocycles. The number of ether oxygens (including phenoxy) is 1. The molecule has 0 aliphatic rings. The lowest BCUT2D eigenvalue weighted by molar-refractivity contribution is 0.398. The molecule has 4 aromatic rings. The predicted molar refractivity (Wildman–Crippen MR) is 99.8 cm³/mol. The van der Waals surface area contributed by atoms with Gasteiger partial charge < -0.3 is 4.74 Å². The fourth-order valence-electron chi connectivity index (χ4n) is 2.78. The average molecular weight is 348 g/mol. The third-order valence-electron chi connectivity index (χ3n) is 4.04. The van der Waals surface area contributed by atoms with Crippen LogP contribution in [-0.2, 0) is 0 Å². The summed E-state index contributed by atoms with van der Waals surface area (Å²) in [6.45, 7) is 0. The minimum Gasteiger partial charge on any atom is -0.481 e. The van der Waals surface area contributed by atoms with Crippen LogP contribution in [0.25, 0.3) is 33.3 Å². The predicted octanol–water partition coefficient (Wildman–Crippen LogP) is 5.02. The Morgan fingerprint density at radius 2 is 1.72 bits per heavy atom. The van der Waals surface area contributed by atoms with Gasteiger partial charge in [0.05, 0.1) is 18.3 Å². The number of halogens is 1. The Labute approximate surface area is 150 Å². The zero-order valence-corrected chi connectivity index (χ0v) is 14.2. The lowest BCUT2D eigenvalue weighted by Gasteiger charge is -2.09. The molecule has 0 unspecified atom stereocenters. The Balaban J connectivity index is 1.89. The summed E-state index contributed by atoms with van der Waals surface area (Å²) in [7, 11) is 1.60. The number of hydrogen-bond acceptors (Lipinski definition) is 4. The summed E-state index contributed by atoms with van der Waals surface area (Å²) >= 11 is 6.37. The maximum Gasteiger partial charge on any atom is 0.212 e. The van der Waals surface area contributed by atoms with E-state index in [9.17, 15) is 0 Å². The van der Waals surface area contributed by atoms with E-state index in [0.29, 0.717) is 10.9 Å². The highest BCUT2D eigenvalue weighted by molar-refractivity contribution is 6.33. The van der Waals surface area contributed by atoms with Gasteiger partial charge in [0.1, 0.15) is 6.33 Å². The molecule has 0 atom stereocenters. The highest BCUT2D eigenvalue weighted by atomic mass is 35.5. The molecular formula is C20H14ClN3O. The summed E-state index contributed by atoms with van der Waals surface area (Å²) < 4.78 is 5.12. The van der Waals surface area contributed by atoms with E-state index in [2.05, 4.69) is 21.0 Å². The second-order valence-electron chi connectivity index (χ2n) is 5.52. The number of nitrogens with zero attached hydrogens (tertiary/aromatic N) is 3. The third-order valence-corrected chi connectivity index (χ3v) is 4.37. The van der Waals surface area contributed by atoms with Crippen molar-refractivity contribution < 1.29 is 4.74 Å². The highest BCUT2D eigenvalue weighted by Crippen LogP contribution is 2.33. The van der Waals surface area contributed by atoms with Gasteiger partial charge in [0.15, 0.2) is 0 Å². The van der Waals surface area contributed by atoms with Gasteiger partial charge in [-0.3, -0.25) is 0 Å². The average Bonchev–Trinajstić information content (AvgIpc) is 2.68. The molecule has 0 saturated heterocycles. The second kappa shape index (κ2) is 6.49. The van der Waals surface area contributed by atoms with E-state index >= 15 is 0 Å². The quantitative estimate of drug-likeness (QED) is 0.522. The summed E-state index contributed by atoms with van der Waals surface area (Å²) in [6.07, 6.45) is 3.36. The van der Waals surface area contributed by atoms with Crippen molar-refractivity contribution in [2.24, 2.45) is 0 Å². The summed E-state index contributed by atoms with van der Waals surface area (Å²) in [6, 6.07) is 17.6. The monoisotopic (exact) mass is 347 g/mol. The normalized spacial score (nSPS) is 10.8. The summed E-state index contributed by atoms with van der Waals surface area (Å²) in [5.41, 5.74) is 4.61. The lowest BCUT2D eigenvalue weighted by atomic mass is 10.0. The molecular weight excluding hydrogens is 334 g/mol. The van der Waals surface area contributed by atoms with Crippen LogP contribution in [0.2, 0.25) is 5.02 Å². The van der Waals surface area contributed by atoms with Gasteiger partial charge in [-0.25, -0.2) is 15.0 Å². The Bertz CT molecular complexity index is 1050. The van der Waals surface area contributed by atoms with E-state index in [1.165, 1.54) is 0 Å². The molecule has 0 N–H and O–H groups in total. The minimum atomic E-state index is 0.588. The molecule has 0 saturated carbocycles. The van der Waals surface area contributed by atoms with E-state index in [4.69, 9.17) is 16.3 Å². The van der Waals surface area contributed by atoms with E-state index in [1.54, 1.807) is 19.6 Å². The maximum absolute atomic E-state index is 6.37. The van der Waals surface area contributed by atoms with Gasteiger partial charge in [0.25, 0.3) is 0 Å². The molecule has 0 aliphatic carbocycles. The molecule has 0 radical (unpaired) electrons. The van der Waals surface area contributed by atoms with Crippen LogP contribution >= 0.6 is 11.6 Å². The van der Waals surface area contributed by atoms with Gasteiger partial charge in [0, 0.05) is 33.8 Å². The number of methoxy groups -OCH3 is 1. The summed E-state index contributed by atoms with van der Waals surface area (Å²) in [4.78, 5) is 13.1. The SMILES string of the molecule is COc1ccc(-c2ccc3ncnc(-c4ccccc4Cl)c3c2)cn1. The number of aromatic nitrogens is 3. The number of rotatable bonds is 3. The molecule has 2 aromatic heterocycles. The molecule has 25 heavy (non-hydrogen) atoms. The van der Waals surface area contributed by atoms with E-state index in [0.717, 1.165) is 33.3 Å². The van der Waals surface area contributed by atoms with Crippen LogP contribution in [0.4, 0.5) is 0 Å². The number of fused-ring (bicyclic) bond motifs is 1. The molecule has 0 amide bonds. The molecule has 0 bridgehead atoms. The van der Waals surface area contributed by atoms with Gasteiger partial charge in [-0.1, -0.05) is 35.9 Å². The van der Waals surface area contributed by atoms with Gasteiger partial charge in [-0.15, -0.1) is 0 Å². The van der Waals surface area contributed by atoms with Crippen LogP contribution < -0.4 is 4.74 Å². The van der Waals surface area contributed by atoms with Gasteiger partial charge in [-0.05, 0) is 29.8 Å². The lowest BCUT2D eigenvalue weighted by Crippen LogP contribution is -1.91. The molecule has 2 heterocycles. The van der Waals surface area contributed by atoms with E-state index in [1.807, 2.05) is 48.5 Å². The van der Waals surface area contributed by atoms with Gasteiger partial charge in [-0.2, -0.15) is 0 Å². The minimum absolute atomic E-state index is 0.588. The fraction of sp³-hybridized carbons (Fsp3) is 0.0500. The van der Waals surface area contributed by atoms with Crippen molar-refractivity contribution in [3.8, 4) is 28.3 Å². The zero-order chi connectivity index (χ0) is 17.2. The largest absolute Gasteiger partial charge is 0.481 e. The summed E-state index contributed by atoms with van der Waals surface area (Å²) in [5, 5.41) is 1.61. The van der Waals surface area contributed by atoms with Crippen LogP contribution in [0.1, 0.15) is 0 Å². The number of pyridine rings is 1. The van der Waals surface area contributed by atoms with Crippen LogP contribution in [0.3, 0.4) is 0 Å². The van der Waals surface area contributed by atoms with Gasteiger partial charge >= 0.3 is 0 Å². The molecule has 0 spiro atoms. The first-order chi connectivity index (χ1) is 12.3. The highest BCUT2D eigenvalue weighted by Gasteiger charge is 2.11. The van der Waals surface area contributed by atoms with E-state index < -0.39 is 0 Å². The first-order valence-electron chi connectivity index (χ1n) is 7.76. The molecule has 4 rings (SSSR count). The van der Waals surface area contributed by atoms with Gasteiger partial charge in [0.2, 0.25) is 5.88 Å². The van der Waals surface area contributed by atoms with E-state index in [-0.39, 0.29) is 0 Å². The standard InChI is InChI=1S/C20H14ClN3O/c1-25-19-9-7-14(11-22-19)13-6-8-18-16(10-13)20(24-12-23-18)15-4-2-3-5-17(15)21/h2-12H,1H3. The topological polar surface area (TPSA) is 47.9 Å². The Kier molecular flexibility index (Phi) is 4.04. The zero-order valence-electron chi connectivity index (χ0n) is 13.5. The van der Waals surface area contributed by atoms with Crippen LogP contribution in [0.15, 0.2) is 67.1 Å². The van der Waals surface area contributed by atoms with Crippen molar-refractivity contribution in [1.29, 1.82) is 0 Å². The number of benzene rings is 2. The second-order valence-corrected chi connectivity index (χ2v) is 5.93. The Hall–Kier alpha value is -2.98. The molecule has 122 valence electrons. The molecule has 5 heteroatoms. The molecule has 4 nitrogen and oxygen atoms in total. The number of hydrogen-bond donors (Lipinski definition) is 0. The van der Waals surface area contributed by atoms with Crippen molar-refractivity contribution in [2.75, 3.05) is 7.11 Å². The van der Waals surface area contributed by atoms with Crippen LogP contribution in [-0.4, -0.2) is 22.1 Å². The van der Waals surface area contributed by atoms with Crippen molar-refractivity contribution in [3.63, 3.8) is 0 Å². The maximum atomic E-state index is 6.37. The van der Waals surface area contributed by atoms with Crippen molar-refractivity contribution in [3.05, 3.63) is 72.1 Å². The van der Waals surface area contributed by atoms with Crippen molar-refractivity contribution >= 4 is 22.5 Å². The first kappa shape index (κ1) is 15.5. The van der Waals surface area contributed by atoms with Crippen molar-refractivity contribution in [2.45, 2.75) is 0 Å². The molecule has 0 fully saturated rings. The van der Waals surface area contributed by atoms with Crippen LogP contribution in [0, 0.1) is 0 Å². The summed E-state index contributed by atoms with van der Waals surface area (Å²) in [5.74, 6) is 0.588. The van der Waals surface area contributed by atoms with Crippen molar-refractivity contribution in [1.82, 2.24) is 15.0 Å². The Morgan fingerprint density at radius 1 is 0.880 bits per heavy atom. The fourth-order valence-corrected chi connectivity index (χ4v) is 3.00. The third kappa shape index (κ3) is 2.92. The van der Waals surface area contributed by atoms with Crippen LogP contribution in [0.5, 0.6) is 5.88 Å². The molecule has 0 aliphatic heterocycles. The Morgan fingerprint density at radius 3 is 2.48 bits per heavy atom.